The van der Waals surface area contributed by atoms with Gasteiger partial charge >= 0.3 is 0 Å². The van der Waals surface area contributed by atoms with Gasteiger partial charge in [0.05, 0.1) is 31.9 Å². The predicted octanol–water partition coefficient (Wildman–Crippen LogP) is 5.56. The zero-order valence-electron chi connectivity index (χ0n) is 25.1. The molecule has 8 heteroatoms. The lowest BCUT2D eigenvalue weighted by atomic mass is 9.87. The number of anilines is 1. The zero-order valence-corrected chi connectivity index (χ0v) is 25.1. The van der Waals surface area contributed by atoms with E-state index in [4.69, 9.17) is 9.47 Å². The van der Waals surface area contributed by atoms with Crippen LogP contribution in [0.5, 0.6) is 11.5 Å². The molecule has 1 unspecified atom stereocenters. The van der Waals surface area contributed by atoms with Crippen molar-refractivity contribution in [1.82, 2.24) is 10.3 Å². The number of rotatable bonds is 8. The first-order valence-electron chi connectivity index (χ1n) is 14.2. The number of hydrogen-bond acceptors (Lipinski definition) is 6. The smallest absolute Gasteiger partial charge is 0.263 e. The van der Waals surface area contributed by atoms with E-state index in [-0.39, 0.29) is 11.0 Å². The van der Waals surface area contributed by atoms with Crippen molar-refractivity contribution in [3.05, 3.63) is 119 Å². The summed E-state index contributed by atoms with van der Waals surface area (Å²) in [6, 6.07) is 22.0. The standard InChI is InChI=1S/C35H37N3O5/c1-35(2,3)24-12-14-25(15-13-24)38(34(41)28-17-16-26(42-4)20-30(28)43-5)32(23-10-8-18-36-21-23)33(40)37-31-27-11-7-6-9-22(27)19-29(31)39/h6-18,20-21,29,31-32,39H,19H2,1-5H3,(H,37,40)/t29-,31+,32?/m1/s1. The van der Waals surface area contributed by atoms with E-state index in [1.165, 1.54) is 19.1 Å². The molecule has 1 heterocycles. The summed E-state index contributed by atoms with van der Waals surface area (Å²) in [6.07, 6.45) is 2.83. The summed E-state index contributed by atoms with van der Waals surface area (Å²) in [5.74, 6) is -0.0510. The van der Waals surface area contributed by atoms with Gasteiger partial charge in [0.1, 0.15) is 17.5 Å². The van der Waals surface area contributed by atoms with E-state index in [0.29, 0.717) is 29.2 Å². The molecule has 0 radical (unpaired) electrons. The van der Waals surface area contributed by atoms with Crippen molar-refractivity contribution in [1.29, 1.82) is 0 Å². The van der Waals surface area contributed by atoms with Crippen molar-refractivity contribution in [3.63, 3.8) is 0 Å². The molecule has 0 saturated carbocycles. The summed E-state index contributed by atoms with van der Waals surface area (Å²) in [5, 5.41) is 14.0. The molecule has 2 amide bonds. The molecule has 43 heavy (non-hydrogen) atoms. The average Bonchev–Trinajstić information content (AvgIpc) is 3.33. The van der Waals surface area contributed by atoms with Crippen LogP contribution >= 0.6 is 0 Å². The topological polar surface area (TPSA) is 101 Å². The highest BCUT2D eigenvalue weighted by Crippen LogP contribution is 2.36. The number of benzene rings is 3. The molecule has 0 saturated heterocycles. The van der Waals surface area contributed by atoms with E-state index in [9.17, 15) is 14.7 Å². The van der Waals surface area contributed by atoms with E-state index in [1.54, 1.807) is 42.7 Å². The normalized spacial score (nSPS) is 16.6. The Hall–Kier alpha value is -4.69. The molecular weight excluding hydrogens is 542 g/mol. The quantitative estimate of drug-likeness (QED) is 0.284. The number of aliphatic hydroxyl groups excluding tert-OH is 1. The number of nitrogens with one attached hydrogen (secondary N) is 1. The first-order chi connectivity index (χ1) is 20.6. The second-order valence-electron chi connectivity index (χ2n) is 11.7. The summed E-state index contributed by atoms with van der Waals surface area (Å²) in [6.45, 7) is 6.34. The van der Waals surface area contributed by atoms with Crippen LogP contribution in [0.25, 0.3) is 0 Å². The Morgan fingerprint density at radius 3 is 2.37 bits per heavy atom. The van der Waals surface area contributed by atoms with Crippen LogP contribution in [0.1, 0.15) is 65.5 Å². The molecular formula is C35H37N3O5. The second-order valence-corrected chi connectivity index (χ2v) is 11.7. The maximum absolute atomic E-state index is 14.6. The Balaban J connectivity index is 1.64. The highest BCUT2D eigenvalue weighted by atomic mass is 16.5. The number of pyridine rings is 1. The molecule has 2 N–H and O–H groups in total. The van der Waals surface area contributed by atoms with Crippen molar-refractivity contribution in [2.45, 2.75) is 50.8 Å². The van der Waals surface area contributed by atoms with Crippen LogP contribution < -0.4 is 19.7 Å². The van der Waals surface area contributed by atoms with Gasteiger partial charge in [0, 0.05) is 36.1 Å². The lowest BCUT2D eigenvalue weighted by Crippen LogP contribution is -2.46. The van der Waals surface area contributed by atoms with Crippen molar-refractivity contribution in [2.24, 2.45) is 0 Å². The third-order valence-corrected chi connectivity index (χ3v) is 7.88. The molecule has 8 nitrogen and oxygen atoms in total. The maximum atomic E-state index is 14.6. The van der Waals surface area contributed by atoms with Crippen LogP contribution in [-0.2, 0) is 16.6 Å². The zero-order chi connectivity index (χ0) is 30.7. The molecule has 3 atom stereocenters. The third-order valence-electron chi connectivity index (χ3n) is 7.88. The summed E-state index contributed by atoms with van der Waals surface area (Å²) in [5.41, 5.74) is 4.10. The highest BCUT2D eigenvalue weighted by Gasteiger charge is 2.39. The highest BCUT2D eigenvalue weighted by molar-refractivity contribution is 6.11. The Bertz CT molecular complexity index is 1600. The van der Waals surface area contributed by atoms with E-state index >= 15 is 0 Å². The Labute approximate surface area is 252 Å². The molecule has 0 aliphatic heterocycles. The van der Waals surface area contributed by atoms with Crippen LogP contribution in [0, 0.1) is 0 Å². The van der Waals surface area contributed by atoms with Gasteiger partial charge in [0.2, 0.25) is 5.91 Å². The third kappa shape index (κ3) is 6.10. The van der Waals surface area contributed by atoms with Crippen molar-refractivity contribution < 1.29 is 24.2 Å². The Kier molecular flexibility index (Phi) is 8.50. The van der Waals surface area contributed by atoms with Gasteiger partial charge in [0.25, 0.3) is 5.91 Å². The summed E-state index contributed by atoms with van der Waals surface area (Å²) in [4.78, 5) is 34.7. The SMILES string of the molecule is COc1ccc(C(=O)N(c2ccc(C(C)(C)C)cc2)C(C(=O)N[C@H]2c3ccccc3C[C@H]2O)c2cccnc2)c(OC)c1. The molecule has 0 spiro atoms. The lowest BCUT2D eigenvalue weighted by molar-refractivity contribution is -0.124. The van der Waals surface area contributed by atoms with E-state index in [2.05, 4.69) is 31.1 Å². The van der Waals surface area contributed by atoms with Crippen LogP contribution in [0.2, 0.25) is 0 Å². The number of methoxy groups -OCH3 is 2. The molecule has 222 valence electrons. The van der Waals surface area contributed by atoms with E-state index < -0.39 is 30.0 Å². The molecule has 1 aromatic heterocycles. The minimum absolute atomic E-state index is 0.112. The van der Waals surface area contributed by atoms with Crippen molar-refractivity contribution >= 4 is 17.5 Å². The number of fused-ring (bicyclic) bond motifs is 1. The first kappa shape index (κ1) is 29.8. The fourth-order valence-electron chi connectivity index (χ4n) is 5.55. The van der Waals surface area contributed by atoms with Gasteiger partial charge in [0.15, 0.2) is 0 Å². The number of hydrogen-bond donors (Lipinski definition) is 2. The number of carbonyl (C=O) groups excluding carboxylic acids is 2. The average molecular weight is 580 g/mol. The van der Waals surface area contributed by atoms with Crippen LogP contribution in [0.3, 0.4) is 0 Å². The Morgan fingerprint density at radius 2 is 1.72 bits per heavy atom. The number of aromatic nitrogens is 1. The van der Waals surface area contributed by atoms with Gasteiger partial charge in [-0.3, -0.25) is 19.5 Å². The molecule has 0 bridgehead atoms. The number of aliphatic hydroxyl groups is 1. The van der Waals surface area contributed by atoms with Gasteiger partial charge in [-0.1, -0.05) is 63.2 Å². The first-order valence-corrected chi connectivity index (χ1v) is 14.2. The molecule has 4 aromatic rings. The lowest BCUT2D eigenvalue weighted by Gasteiger charge is -2.33. The fraction of sp³-hybridized carbons (Fsp3) is 0.286. The molecule has 0 fully saturated rings. The number of carbonyl (C=O) groups is 2. The van der Waals surface area contributed by atoms with E-state index in [0.717, 1.165) is 16.7 Å². The number of nitrogens with zero attached hydrogens (tertiary/aromatic N) is 2. The number of ether oxygens (including phenoxy) is 2. The Morgan fingerprint density at radius 1 is 0.977 bits per heavy atom. The monoisotopic (exact) mass is 579 g/mol. The van der Waals surface area contributed by atoms with Crippen LogP contribution in [-0.4, -0.2) is 42.2 Å². The molecule has 5 rings (SSSR count). The van der Waals surface area contributed by atoms with Gasteiger partial charge < -0.3 is 19.9 Å². The van der Waals surface area contributed by atoms with Crippen molar-refractivity contribution in [2.75, 3.05) is 19.1 Å². The van der Waals surface area contributed by atoms with Crippen LogP contribution in [0.4, 0.5) is 5.69 Å². The molecule has 3 aromatic carbocycles. The summed E-state index contributed by atoms with van der Waals surface area (Å²) in [7, 11) is 3.02. The minimum atomic E-state index is -1.12. The van der Waals surface area contributed by atoms with Crippen molar-refractivity contribution in [3.8, 4) is 11.5 Å². The maximum Gasteiger partial charge on any atom is 0.263 e. The molecule has 1 aliphatic carbocycles. The number of amides is 2. The second kappa shape index (κ2) is 12.3. The van der Waals surface area contributed by atoms with Gasteiger partial charge in [-0.2, -0.15) is 0 Å². The largest absolute Gasteiger partial charge is 0.497 e. The summed E-state index contributed by atoms with van der Waals surface area (Å²) >= 11 is 0. The van der Waals surface area contributed by atoms with Gasteiger partial charge in [-0.25, -0.2) is 0 Å². The fourth-order valence-corrected chi connectivity index (χ4v) is 5.55. The van der Waals surface area contributed by atoms with Gasteiger partial charge in [-0.05, 0) is 52.4 Å². The van der Waals surface area contributed by atoms with E-state index in [1.807, 2.05) is 48.5 Å². The molecule has 1 aliphatic rings. The minimum Gasteiger partial charge on any atom is -0.497 e. The van der Waals surface area contributed by atoms with Gasteiger partial charge in [-0.15, -0.1) is 0 Å². The summed E-state index contributed by atoms with van der Waals surface area (Å²) < 4.78 is 10.9. The van der Waals surface area contributed by atoms with Crippen LogP contribution in [0.15, 0.2) is 91.3 Å². The predicted molar refractivity (Wildman–Crippen MR) is 166 cm³/mol.